The van der Waals surface area contributed by atoms with Crippen molar-refractivity contribution >= 4 is 33.6 Å². The molecule has 0 aliphatic heterocycles. The van der Waals surface area contributed by atoms with Gasteiger partial charge in [0.2, 0.25) is 0 Å². The molecule has 4 rings (SSSR count). The summed E-state index contributed by atoms with van der Waals surface area (Å²) in [5.41, 5.74) is 3.84. The Balaban J connectivity index is 1.80. The number of aromatic amines is 2. The number of esters is 1. The van der Waals surface area contributed by atoms with Gasteiger partial charge in [-0.1, -0.05) is 18.2 Å². The molecule has 0 atom stereocenters. The van der Waals surface area contributed by atoms with Crippen LogP contribution in [0.1, 0.15) is 28.5 Å². The van der Waals surface area contributed by atoms with Gasteiger partial charge in [-0.15, -0.1) is 0 Å². The Morgan fingerprint density at radius 3 is 2.64 bits per heavy atom. The Bertz CT molecular complexity index is 1190. The van der Waals surface area contributed by atoms with E-state index in [1.165, 1.54) is 0 Å². The van der Waals surface area contributed by atoms with Crippen molar-refractivity contribution in [3.05, 3.63) is 65.5 Å². The topological polar surface area (TPSA) is 84.2 Å². The maximum atomic E-state index is 12.8. The first-order valence-corrected chi connectivity index (χ1v) is 9.07. The third-order valence-electron chi connectivity index (χ3n) is 4.81. The van der Waals surface area contributed by atoms with E-state index in [9.17, 15) is 9.59 Å². The number of fused-ring (bicyclic) bond motifs is 2. The van der Waals surface area contributed by atoms with Crippen LogP contribution in [-0.4, -0.2) is 35.4 Å². The summed E-state index contributed by atoms with van der Waals surface area (Å²) < 4.78 is 10.2. The molecule has 28 heavy (non-hydrogen) atoms. The Morgan fingerprint density at radius 2 is 1.86 bits per heavy atom. The number of para-hydroxylation sites is 1. The molecule has 2 N–H and O–H groups in total. The van der Waals surface area contributed by atoms with Crippen LogP contribution >= 0.6 is 0 Å². The minimum absolute atomic E-state index is 0.159. The number of carbonyl (C=O) groups is 2. The molecule has 6 heteroatoms. The third kappa shape index (κ3) is 3.03. The molecule has 4 aromatic rings. The highest BCUT2D eigenvalue weighted by Gasteiger charge is 2.25. The highest BCUT2D eigenvalue weighted by Crippen LogP contribution is 2.29. The van der Waals surface area contributed by atoms with Gasteiger partial charge in [0.25, 0.3) is 5.78 Å². The van der Waals surface area contributed by atoms with Crippen molar-refractivity contribution in [2.24, 2.45) is 0 Å². The lowest BCUT2D eigenvalue weighted by Gasteiger charge is -2.05. The van der Waals surface area contributed by atoms with E-state index in [2.05, 4.69) is 9.97 Å². The summed E-state index contributed by atoms with van der Waals surface area (Å²) in [5, 5.41) is 1.76. The van der Waals surface area contributed by atoms with Crippen LogP contribution in [-0.2, 0) is 16.0 Å². The summed E-state index contributed by atoms with van der Waals surface area (Å²) in [7, 11) is 1.63. The summed E-state index contributed by atoms with van der Waals surface area (Å²) in [6, 6.07) is 13.3. The monoisotopic (exact) mass is 376 g/mol. The molecule has 2 aromatic heterocycles. The smallest absolute Gasteiger partial charge is 0.379 e. The van der Waals surface area contributed by atoms with Crippen LogP contribution in [0.4, 0.5) is 0 Å². The minimum atomic E-state index is -0.836. The van der Waals surface area contributed by atoms with E-state index in [0.29, 0.717) is 17.7 Å². The van der Waals surface area contributed by atoms with Crippen LogP contribution in [0.15, 0.2) is 48.7 Å². The van der Waals surface area contributed by atoms with Crippen molar-refractivity contribution in [1.82, 2.24) is 9.97 Å². The quantitative estimate of drug-likeness (QED) is 0.303. The molecule has 6 nitrogen and oxygen atoms in total. The maximum Gasteiger partial charge on any atom is 0.379 e. The highest BCUT2D eigenvalue weighted by molar-refractivity contribution is 6.43. The number of methoxy groups -OCH3 is 1. The lowest BCUT2D eigenvalue weighted by Crippen LogP contribution is -2.18. The fourth-order valence-corrected chi connectivity index (χ4v) is 3.52. The number of benzene rings is 2. The molecule has 0 spiro atoms. The number of ether oxygens (including phenoxy) is 2. The number of aromatic nitrogens is 2. The molecule has 0 aliphatic carbocycles. The van der Waals surface area contributed by atoms with Crippen molar-refractivity contribution in [3.63, 3.8) is 0 Å². The average Bonchev–Trinajstić information content (AvgIpc) is 3.28. The van der Waals surface area contributed by atoms with Gasteiger partial charge >= 0.3 is 5.97 Å². The zero-order valence-electron chi connectivity index (χ0n) is 15.7. The maximum absolute atomic E-state index is 12.8. The van der Waals surface area contributed by atoms with Crippen molar-refractivity contribution < 1.29 is 19.1 Å². The van der Waals surface area contributed by atoms with Crippen LogP contribution in [0.2, 0.25) is 0 Å². The number of rotatable bonds is 6. The van der Waals surface area contributed by atoms with Crippen molar-refractivity contribution in [1.29, 1.82) is 0 Å². The van der Waals surface area contributed by atoms with E-state index in [4.69, 9.17) is 9.47 Å². The van der Waals surface area contributed by atoms with Gasteiger partial charge in [0, 0.05) is 46.2 Å². The first-order valence-electron chi connectivity index (χ1n) is 9.07. The lowest BCUT2D eigenvalue weighted by molar-refractivity contribution is -0.137. The van der Waals surface area contributed by atoms with Gasteiger partial charge in [0.05, 0.1) is 19.3 Å². The zero-order chi connectivity index (χ0) is 19.7. The lowest BCUT2D eigenvalue weighted by atomic mass is 10.0. The van der Waals surface area contributed by atoms with E-state index in [1.54, 1.807) is 14.0 Å². The van der Waals surface area contributed by atoms with E-state index >= 15 is 0 Å². The fourth-order valence-electron chi connectivity index (χ4n) is 3.52. The van der Waals surface area contributed by atoms with Gasteiger partial charge in [-0.05, 0) is 30.7 Å². The summed E-state index contributed by atoms with van der Waals surface area (Å²) in [4.78, 5) is 31.4. The van der Waals surface area contributed by atoms with Gasteiger partial charge in [-0.2, -0.15) is 0 Å². The predicted octanol–water partition coefficient (Wildman–Crippen LogP) is 3.99. The largest absolute Gasteiger partial charge is 0.497 e. The Morgan fingerprint density at radius 1 is 1.04 bits per heavy atom. The number of ketones is 1. The van der Waals surface area contributed by atoms with Crippen molar-refractivity contribution in [3.8, 4) is 5.75 Å². The fraction of sp³-hybridized carbons (Fsp3) is 0.182. The molecule has 0 radical (unpaired) electrons. The zero-order valence-corrected chi connectivity index (χ0v) is 15.7. The molecule has 0 aliphatic rings. The average molecular weight is 376 g/mol. The number of H-pyrrole nitrogens is 2. The molecule has 0 saturated carbocycles. The molecule has 0 bridgehead atoms. The molecular formula is C22H20N2O4. The molecule has 0 saturated heterocycles. The van der Waals surface area contributed by atoms with Gasteiger partial charge < -0.3 is 19.4 Å². The van der Waals surface area contributed by atoms with Crippen LogP contribution in [0.25, 0.3) is 21.8 Å². The summed E-state index contributed by atoms with van der Waals surface area (Å²) in [5.74, 6) is -0.697. The van der Waals surface area contributed by atoms with E-state index in [-0.39, 0.29) is 6.61 Å². The Labute approximate surface area is 161 Å². The number of hydrogen-bond donors (Lipinski definition) is 2. The second kappa shape index (κ2) is 7.23. The highest BCUT2D eigenvalue weighted by atomic mass is 16.5. The number of nitrogens with one attached hydrogen (secondary N) is 2. The normalized spacial score (nSPS) is 11.1. The van der Waals surface area contributed by atoms with Crippen LogP contribution in [0.5, 0.6) is 5.75 Å². The Hall–Kier alpha value is -3.54. The Kier molecular flexibility index (Phi) is 4.61. The number of Topliss-reactive ketones (excluding diaryl/α,β-unsaturated/α-hetero) is 1. The van der Waals surface area contributed by atoms with Gasteiger partial charge in [-0.25, -0.2) is 4.79 Å². The van der Waals surface area contributed by atoms with E-state index in [0.717, 1.165) is 33.1 Å². The van der Waals surface area contributed by atoms with Crippen LogP contribution in [0.3, 0.4) is 0 Å². The molecule has 0 amide bonds. The van der Waals surface area contributed by atoms with Crippen LogP contribution in [0, 0.1) is 0 Å². The predicted molar refractivity (Wildman–Crippen MR) is 107 cm³/mol. The molecule has 0 unspecified atom stereocenters. The van der Waals surface area contributed by atoms with Crippen molar-refractivity contribution in [2.45, 2.75) is 13.3 Å². The molecule has 2 heterocycles. The van der Waals surface area contributed by atoms with E-state index in [1.807, 2.05) is 48.7 Å². The number of carbonyl (C=O) groups excluding carboxylic acids is 2. The van der Waals surface area contributed by atoms with Crippen LogP contribution < -0.4 is 4.74 Å². The minimum Gasteiger partial charge on any atom is -0.497 e. The SMILES string of the molecule is CCOC(=O)C(=O)c1c(Cc2c[nH]c3cc(OC)ccc23)[nH]c2ccccc12. The molecule has 2 aromatic carbocycles. The summed E-state index contributed by atoms with van der Waals surface area (Å²) in [6.45, 7) is 1.84. The van der Waals surface area contributed by atoms with Crippen molar-refractivity contribution in [2.75, 3.05) is 13.7 Å². The summed E-state index contributed by atoms with van der Waals surface area (Å²) >= 11 is 0. The molecule has 142 valence electrons. The second-order valence-electron chi connectivity index (χ2n) is 6.48. The first kappa shape index (κ1) is 17.9. The van der Waals surface area contributed by atoms with Gasteiger partial charge in [0.15, 0.2) is 0 Å². The van der Waals surface area contributed by atoms with Gasteiger partial charge in [0.1, 0.15) is 5.75 Å². The first-order chi connectivity index (χ1) is 13.6. The third-order valence-corrected chi connectivity index (χ3v) is 4.81. The van der Waals surface area contributed by atoms with E-state index < -0.39 is 11.8 Å². The second-order valence-corrected chi connectivity index (χ2v) is 6.48. The summed E-state index contributed by atoms with van der Waals surface area (Å²) in [6.07, 6.45) is 2.38. The standard InChI is InChI=1S/C22H20N2O4/c1-3-28-22(26)21(25)20-16-6-4-5-7-17(16)24-19(20)10-13-12-23-18-11-14(27-2)8-9-15(13)18/h4-9,11-12,23-24H,3,10H2,1-2H3. The van der Waals surface area contributed by atoms with Gasteiger partial charge in [-0.3, -0.25) is 4.79 Å². The molecule has 0 fully saturated rings. The number of hydrogen-bond acceptors (Lipinski definition) is 4. The molecular weight excluding hydrogens is 356 g/mol.